The Kier molecular flexibility index (Phi) is 2.60. The van der Waals surface area contributed by atoms with Crippen LogP contribution in [0.5, 0.6) is 0 Å². The number of rotatable bonds is 2. The van der Waals surface area contributed by atoms with Crippen LogP contribution >= 0.6 is 11.6 Å². The molecule has 0 unspecified atom stereocenters. The fourth-order valence-corrected chi connectivity index (χ4v) is 1.54. The van der Waals surface area contributed by atoms with Crippen LogP contribution in [-0.4, -0.2) is 17.7 Å². The molecule has 15 heavy (non-hydrogen) atoms. The second-order valence-corrected chi connectivity index (χ2v) is 3.27. The molecule has 1 aromatic heterocycles. The quantitative estimate of drug-likeness (QED) is 0.738. The number of carbonyl (C=O) groups is 1. The number of esters is 1. The van der Waals surface area contributed by atoms with Crippen LogP contribution in [0.1, 0.15) is 17.4 Å². The lowest BCUT2D eigenvalue weighted by Gasteiger charge is -1.97. The van der Waals surface area contributed by atoms with Gasteiger partial charge >= 0.3 is 5.97 Å². The Balaban J connectivity index is 2.57. The molecule has 0 bridgehead atoms. The molecule has 0 atom stereocenters. The van der Waals surface area contributed by atoms with Gasteiger partial charge in [-0.1, -0.05) is 22.8 Å². The van der Waals surface area contributed by atoms with Gasteiger partial charge in [-0.2, -0.15) is 0 Å². The highest BCUT2D eigenvalue weighted by Crippen LogP contribution is 2.26. The average Bonchev–Trinajstić information content (AvgIpc) is 2.63. The third-order valence-electron chi connectivity index (χ3n) is 1.92. The maximum absolute atomic E-state index is 11.5. The van der Waals surface area contributed by atoms with Crippen molar-refractivity contribution in [3.8, 4) is 0 Å². The second kappa shape index (κ2) is 3.90. The maximum Gasteiger partial charge on any atom is 0.361 e. The Hall–Kier alpha value is -1.55. The minimum absolute atomic E-state index is 0.123. The number of benzene rings is 1. The molecule has 4 nitrogen and oxygen atoms in total. The lowest BCUT2D eigenvalue weighted by Crippen LogP contribution is -2.05. The topological polar surface area (TPSA) is 52.3 Å². The maximum atomic E-state index is 11.5. The molecule has 0 aliphatic heterocycles. The van der Waals surface area contributed by atoms with Crippen molar-refractivity contribution < 1.29 is 14.1 Å². The molecule has 0 aliphatic carbocycles. The molecular weight excluding hydrogens is 218 g/mol. The molecule has 1 heterocycles. The molecule has 0 aliphatic rings. The number of fused-ring (bicyclic) bond motifs is 1. The SMILES string of the molecule is CCOC(=O)c1noc2cccc(Cl)c12. The van der Waals surface area contributed by atoms with Crippen LogP contribution in [0.3, 0.4) is 0 Å². The van der Waals surface area contributed by atoms with Crippen LogP contribution < -0.4 is 0 Å². The smallest absolute Gasteiger partial charge is 0.361 e. The highest BCUT2D eigenvalue weighted by molar-refractivity contribution is 6.36. The zero-order valence-electron chi connectivity index (χ0n) is 7.99. The summed E-state index contributed by atoms with van der Waals surface area (Å²) in [5, 5.41) is 4.57. The first-order valence-electron chi connectivity index (χ1n) is 4.45. The zero-order chi connectivity index (χ0) is 10.8. The third kappa shape index (κ3) is 1.68. The van der Waals surface area contributed by atoms with Crippen LogP contribution in [0.25, 0.3) is 11.0 Å². The van der Waals surface area contributed by atoms with Gasteiger partial charge in [0.15, 0.2) is 5.58 Å². The van der Waals surface area contributed by atoms with E-state index in [4.69, 9.17) is 20.9 Å². The van der Waals surface area contributed by atoms with Gasteiger partial charge in [-0.15, -0.1) is 0 Å². The number of halogens is 1. The Labute approximate surface area is 90.8 Å². The minimum Gasteiger partial charge on any atom is -0.461 e. The molecule has 2 aromatic rings. The summed E-state index contributed by atoms with van der Waals surface area (Å²) in [5.74, 6) is -0.524. The lowest BCUT2D eigenvalue weighted by atomic mass is 10.2. The summed E-state index contributed by atoms with van der Waals surface area (Å²) < 4.78 is 9.79. The Bertz CT molecular complexity index is 506. The molecule has 5 heteroatoms. The minimum atomic E-state index is -0.524. The predicted molar refractivity (Wildman–Crippen MR) is 55.0 cm³/mol. The van der Waals surface area contributed by atoms with Crippen LogP contribution in [-0.2, 0) is 4.74 Å². The van der Waals surface area contributed by atoms with Crippen molar-refractivity contribution in [3.63, 3.8) is 0 Å². The van der Waals surface area contributed by atoms with Gasteiger partial charge in [0, 0.05) is 0 Å². The first-order valence-corrected chi connectivity index (χ1v) is 4.83. The number of ether oxygens (including phenoxy) is 1. The van der Waals surface area contributed by atoms with Crippen molar-refractivity contribution in [1.29, 1.82) is 0 Å². The van der Waals surface area contributed by atoms with E-state index in [9.17, 15) is 4.79 Å². The molecule has 0 spiro atoms. The predicted octanol–water partition coefficient (Wildman–Crippen LogP) is 2.66. The standard InChI is InChI=1S/C10H8ClNO3/c1-2-14-10(13)9-8-6(11)4-3-5-7(8)15-12-9/h3-5H,2H2,1H3. The van der Waals surface area contributed by atoms with E-state index in [0.717, 1.165) is 0 Å². The molecule has 0 radical (unpaired) electrons. The van der Waals surface area contributed by atoms with Gasteiger partial charge in [0.05, 0.1) is 17.0 Å². The van der Waals surface area contributed by atoms with E-state index in [2.05, 4.69) is 5.16 Å². The van der Waals surface area contributed by atoms with E-state index >= 15 is 0 Å². The van der Waals surface area contributed by atoms with Crippen molar-refractivity contribution in [2.75, 3.05) is 6.61 Å². The van der Waals surface area contributed by atoms with Crippen molar-refractivity contribution >= 4 is 28.5 Å². The summed E-state index contributed by atoms with van der Waals surface area (Å²) in [5.41, 5.74) is 0.600. The molecule has 0 saturated carbocycles. The van der Waals surface area contributed by atoms with Crippen LogP contribution in [0.2, 0.25) is 5.02 Å². The summed E-state index contributed by atoms with van der Waals surface area (Å²) in [6.07, 6.45) is 0. The van der Waals surface area contributed by atoms with E-state index in [-0.39, 0.29) is 12.3 Å². The molecule has 0 fully saturated rings. The van der Waals surface area contributed by atoms with Crippen LogP contribution in [0.4, 0.5) is 0 Å². The van der Waals surface area contributed by atoms with Crippen molar-refractivity contribution in [2.24, 2.45) is 0 Å². The Morgan fingerprint density at radius 2 is 2.40 bits per heavy atom. The highest BCUT2D eigenvalue weighted by atomic mass is 35.5. The van der Waals surface area contributed by atoms with E-state index < -0.39 is 5.97 Å². The van der Waals surface area contributed by atoms with E-state index in [1.54, 1.807) is 25.1 Å². The van der Waals surface area contributed by atoms with Gasteiger partial charge in [-0.3, -0.25) is 0 Å². The summed E-state index contributed by atoms with van der Waals surface area (Å²) in [7, 11) is 0. The molecular formula is C10H8ClNO3. The van der Waals surface area contributed by atoms with Crippen molar-refractivity contribution in [2.45, 2.75) is 6.92 Å². The number of nitrogens with zero attached hydrogens (tertiary/aromatic N) is 1. The number of carbonyl (C=O) groups excluding carboxylic acids is 1. The molecule has 78 valence electrons. The van der Waals surface area contributed by atoms with E-state index in [1.807, 2.05) is 0 Å². The van der Waals surface area contributed by atoms with Gasteiger partial charge in [0.25, 0.3) is 0 Å². The Morgan fingerprint density at radius 1 is 1.60 bits per heavy atom. The van der Waals surface area contributed by atoms with Crippen LogP contribution in [0.15, 0.2) is 22.7 Å². The third-order valence-corrected chi connectivity index (χ3v) is 2.23. The van der Waals surface area contributed by atoms with E-state index in [1.165, 1.54) is 0 Å². The highest BCUT2D eigenvalue weighted by Gasteiger charge is 2.19. The fraction of sp³-hybridized carbons (Fsp3) is 0.200. The lowest BCUT2D eigenvalue weighted by molar-refractivity contribution is 0.0517. The second-order valence-electron chi connectivity index (χ2n) is 2.86. The van der Waals surface area contributed by atoms with E-state index in [0.29, 0.717) is 16.0 Å². The van der Waals surface area contributed by atoms with Gasteiger partial charge in [0.1, 0.15) is 0 Å². The first-order chi connectivity index (χ1) is 7.24. The number of aromatic nitrogens is 1. The van der Waals surface area contributed by atoms with Gasteiger partial charge < -0.3 is 9.26 Å². The zero-order valence-corrected chi connectivity index (χ0v) is 8.75. The number of hydrogen-bond donors (Lipinski definition) is 0. The average molecular weight is 226 g/mol. The van der Waals surface area contributed by atoms with Gasteiger partial charge in [-0.05, 0) is 19.1 Å². The van der Waals surface area contributed by atoms with Gasteiger partial charge in [-0.25, -0.2) is 4.79 Å². The van der Waals surface area contributed by atoms with Crippen molar-refractivity contribution in [3.05, 3.63) is 28.9 Å². The summed E-state index contributed by atoms with van der Waals surface area (Å²) in [6, 6.07) is 5.09. The fourth-order valence-electron chi connectivity index (χ4n) is 1.29. The summed E-state index contributed by atoms with van der Waals surface area (Å²) in [6.45, 7) is 2.01. The number of hydrogen-bond acceptors (Lipinski definition) is 4. The monoisotopic (exact) mass is 225 g/mol. The van der Waals surface area contributed by atoms with Crippen molar-refractivity contribution in [1.82, 2.24) is 5.16 Å². The molecule has 0 N–H and O–H groups in total. The molecule has 0 saturated heterocycles. The van der Waals surface area contributed by atoms with Crippen LogP contribution in [0, 0.1) is 0 Å². The van der Waals surface area contributed by atoms with Gasteiger partial charge in [0.2, 0.25) is 5.69 Å². The summed E-state index contributed by atoms with van der Waals surface area (Å²) in [4.78, 5) is 11.5. The first kappa shape index (κ1) is 9.98. The molecule has 2 rings (SSSR count). The molecule has 0 amide bonds. The normalized spacial score (nSPS) is 10.5. The Morgan fingerprint density at radius 3 is 3.13 bits per heavy atom. The molecule has 1 aromatic carbocycles. The largest absolute Gasteiger partial charge is 0.461 e. The summed E-state index contributed by atoms with van der Waals surface area (Å²) >= 11 is 5.94.